The average molecular weight is 345 g/mol. The first-order chi connectivity index (χ1) is 10.5. The molecule has 0 spiro atoms. The number of hydrogen-bond acceptors (Lipinski definition) is 4. The van der Waals surface area contributed by atoms with Crippen LogP contribution in [0, 0.1) is 0 Å². The van der Waals surface area contributed by atoms with Crippen LogP contribution in [0.1, 0.15) is 45.4 Å². The number of amides is 1. The zero-order chi connectivity index (χ0) is 16.0. The van der Waals surface area contributed by atoms with Crippen LogP contribution in [0.25, 0.3) is 0 Å². The summed E-state index contributed by atoms with van der Waals surface area (Å²) in [4.78, 5) is 13.9. The molecular formula is C15H24N2O3S2. The van der Waals surface area contributed by atoms with Crippen LogP contribution in [0.4, 0.5) is 0 Å². The summed E-state index contributed by atoms with van der Waals surface area (Å²) < 4.78 is 27.4. The lowest BCUT2D eigenvalue weighted by Crippen LogP contribution is -2.46. The fourth-order valence-corrected chi connectivity index (χ4v) is 4.94. The molecular weight excluding hydrogens is 320 g/mol. The van der Waals surface area contributed by atoms with Gasteiger partial charge >= 0.3 is 0 Å². The Morgan fingerprint density at radius 3 is 2.68 bits per heavy atom. The fraction of sp³-hybridized carbons (Fsp3) is 0.667. The predicted octanol–water partition coefficient (Wildman–Crippen LogP) is 2.60. The fourth-order valence-electron chi connectivity index (χ4n) is 2.62. The summed E-state index contributed by atoms with van der Waals surface area (Å²) in [5.74, 6) is 0.202. The van der Waals surface area contributed by atoms with Crippen LogP contribution in [0.3, 0.4) is 0 Å². The summed E-state index contributed by atoms with van der Waals surface area (Å²) in [6.45, 7) is 3.40. The van der Waals surface area contributed by atoms with Gasteiger partial charge in [-0.1, -0.05) is 25.8 Å². The average Bonchev–Trinajstić information content (AvgIpc) is 3.03. The molecule has 2 rings (SSSR count). The first-order valence-corrected chi connectivity index (χ1v) is 10.2. The minimum atomic E-state index is -3.41. The minimum Gasteiger partial charge on any atom is -0.343 e. The minimum absolute atomic E-state index is 0.0770. The summed E-state index contributed by atoms with van der Waals surface area (Å²) in [7, 11) is -3.41. The van der Waals surface area contributed by atoms with Crippen LogP contribution in [-0.4, -0.2) is 38.4 Å². The van der Waals surface area contributed by atoms with E-state index in [1.54, 1.807) is 17.5 Å². The van der Waals surface area contributed by atoms with Gasteiger partial charge in [0.2, 0.25) is 15.9 Å². The van der Waals surface area contributed by atoms with E-state index in [0.717, 1.165) is 19.3 Å². The molecule has 1 saturated heterocycles. The highest BCUT2D eigenvalue weighted by Crippen LogP contribution is 2.19. The quantitative estimate of drug-likeness (QED) is 0.773. The van der Waals surface area contributed by atoms with E-state index in [2.05, 4.69) is 11.6 Å². The van der Waals surface area contributed by atoms with E-state index in [4.69, 9.17) is 0 Å². The molecule has 1 aromatic heterocycles. The van der Waals surface area contributed by atoms with Gasteiger partial charge in [-0.2, -0.15) is 0 Å². The summed E-state index contributed by atoms with van der Waals surface area (Å²) in [6.07, 6.45) is 5.12. The second kappa shape index (κ2) is 8.08. The van der Waals surface area contributed by atoms with E-state index in [-0.39, 0.29) is 11.9 Å². The van der Waals surface area contributed by atoms with Gasteiger partial charge in [0, 0.05) is 25.6 Å². The van der Waals surface area contributed by atoms with Crippen molar-refractivity contribution in [3.05, 3.63) is 17.5 Å². The van der Waals surface area contributed by atoms with E-state index in [0.29, 0.717) is 36.6 Å². The van der Waals surface area contributed by atoms with Crippen molar-refractivity contribution in [2.75, 3.05) is 13.1 Å². The molecule has 0 aliphatic carbocycles. The van der Waals surface area contributed by atoms with Gasteiger partial charge in [-0.3, -0.25) is 4.79 Å². The molecule has 1 N–H and O–H groups in total. The molecule has 1 amide bonds. The molecule has 5 nitrogen and oxygen atoms in total. The summed E-state index contributed by atoms with van der Waals surface area (Å²) in [5.41, 5.74) is 0. The Morgan fingerprint density at radius 1 is 1.36 bits per heavy atom. The van der Waals surface area contributed by atoms with Gasteiger partial charge in [0.05, 0.1) is 0 Å². The van der Waals surface area contributed by atoms with Gasteiger partial charge in [0.1, 0.15) is 4.21 Å². The zero-order valence-corrected chi connectivity index (χ0v) is 14.6. The highest BCUT2D eigenvalue weighted by molar-refractivity contribution is 7.91. The smallest absolute Gasteiger partial charge is 0.250 e. The topological polar surface area (TPSA) is 66.5 Å². The van der Waals surface area contributed by atoms with Gasteiger partial charge in [0.15, 0.2) is 0 Å². The van der Waals surface area contributed by atoms with Gasteiger partial charge in [-0.15, -0.1) is 11.3 Å². The third kappa shape index (κ3) is 4.79. The molecule has 1 aromatic rings. The van der Waals surface area contributed by atoms with Crippen molar-refractivity contribution in [3.63, 3.8) is 0 Å². The molecule has 2 heterocycles. The SMILES string of the molecule is CCCCCC(=O)N1CCC(NS(=O)(=O)c2cccs2)CC1. The van der Waals surface area contributed by atoms with Crippen LogP contribution < -0.4 is 4.72 Å². The lowest BCUT2D eigenvalue weighted by Gasteiger charge is -2.32. The number of carbonyl (C=O) groups is 1. The third-order valence-electron chi connectivity index (χ3n) is 3.92. The maximum atomic E-state index is 12.2. The number of nitrogens with zero attached hydrogens (tertiary/aromatic N) is 1. The Hall–Kier alpha value is -0.920. The van der Waals surface area contributed by atoms with E-state index >= 15 is 0 Å². The summed E-state index contributed by atoms with van der Waals surface area (Å²) in [5, 5.41) is 1.76. The second-order valence-electron chi connectivity index (χ2n) is 5.67. The zero-order valence-electron chi connectivity index (χ0n) is 13.0. The van der Waals surface area contributed by atoms with Gasteiger partial charge < -0.3 is 4.90 Å². The maximum Gasteiger partial charge on any atom is 0.250 e. The number of piperidine rings is 1. The first-order valence-electron chi connectivity index (χ1n) is 7.86. The summed E-state index contributed by atoms with van der Waals surface area (Å²) in [6, 6.07) is 3.27. The van der Waals surface area contributed by atoms with E-state index in [9.17, 15) is 13.2 Å². The monoisotopic (exact) mass is 344 g/mol. The van der Waals surface area contributed by atoms with Crippen LogP contribution in [0.2, 0.25) is 0 Å². The lowest BCUT2D eigenvalue weighted by molar-refractivity contribution is -0.132. The van der Waals surface area contributed by atoms with Crippen LogP contribution in [0.15, 0.2) is 21.7 Å². The summed E-state index contributed by atoms with van der Waals surface area (Å²) >= 11 is 1.22. The number of thiophene rings is 1. The largest absolute Gasteiger partial charge is 0.343 e. The Bertz CT molecular complexity index is 562. The van der Waals surface area contributed by atoms with Crippen LogP contribution in [-0.2, 0) is 14.8 Å². The van der Waals surface area contributed by atoms with Crippen LogP contribution in [0.5, 0.6) is 0 Å². The van der Waals surface area contributed by atoms with E-state index in [1.807, 2.05) is 4.90 Å². The molecule has 0 radical (unpaired) electrons. The molecule has 0 unspecified atom stereocenters. The normalized spacial score (nSPS) is 16.9. The Morgan fingerprint density at radius 2 is 2.09 bits per heavy atom. The molecule has 0 saturated carbocycles. The Balaban J connectivity index is 1.79. The number of sulfonamides is 1. The number of rotatable bonds is 7. The van der Waals surface area contributed by atoms with Crippen molar-refractivity contribution < 1.29 is 13.2 Å². The number of likely N-dealkylation sites (tertiary alicyclic amines) is 1. The molecule has 22 heavy (non-hydrogen) atoms. The Kier molecular flexibility index (Phi) is 6.40. The van der Waals surface area contributed by atoms with Crippen molar-refractivity contribution in [1.82, 2.24) is 9.62 Å². The molecule has 7 heteroatoms. The van der Waals surface area contributed by atoms with Crippen molar-refractivity contribution in [3.8, 4) is 0 Å². The highest BCUT2D eigenvalue weighted by atomic mass is 32.2. The standard InChI is InChI=1S/C15H24N2O3S2/c1-2-3-4-6-14(18)17-10-8-13(9-11-17)16-22(19,20)15-7-5-12-21-15/h5,7,12-13,16H,2-4,6,8-11H2,1H3. The molecule has 1 aliphatic rings. The van der Waals surface area contributed by atoms with Gasteiger partial charge in [-0.25, -0.2) is 13.1 Å². The molecule has 124 valence electrons. The molecule has 1 aliphatic heterocycles. The molecule has 0 bridgehead atoms. The number of carbonyl (C=O) groups excluding carboxylic acids is 1. The third-order valence-corrected chi connectivity index (χ3v) is 6.84. The molecule has 1 fully saturated rings. The van der Waals surface area contributed by atoms with Crippen molar-refractivity contribution in [2.45, 2.75) is 55.7 Å². The number of hydrogen-bond donors (Lipinski definition) is 1. The molecule has 0 atom stereocenters. The first kappa shape index (κ1) is 17.4. The number of nitrogens with one attached hydrogen (secondary N) is 1. The van der Waals surface area contributed by atoms with Crippen LogP contribution >= 0.6 is 11.3 Å². The van der Waals surface area contributed by atoms with E-state index < -0.39 is 10.0 Å². The predicted molar refractivity (Wildman–Crippen MR) is 88.4 cm³/mol. The van der Waals surface area contributed by atoms with Gasteiger partial charge in [-0.05, 0) is 30.7 Å². The van der Waals surface area contributed by atoms with Gasteiger partial charge in [0.25, 0.3) is 0 Å². The van der Waals surface area contributed by atoms with Crippen molar-refractivity contribution in [1.29, 1.82) is 0 Å². The second-order valence-corrected chi connectivity index (χ2v) is 8.55. The molecule has 0 aromatic carbocycles. The van der Waals surface area contributed by atoms with Crippen molar-refractivity contribution in [2.24, 2.45) is 0 Å². The Labute approximate surface area is 136 Å². The number of unbranched alkanes of at least 4 members (excludes halogenated alkanes) is 2. The lowest BCUT2D eigenvalue weighted by atomic mass is 10.1. The maximum absolute atomic E-state index is 12.2. The highest BCUT2D eigenvalue weighted by Gasteiger charge is 2.26. The van der Waals surface area contributed by atoms with E-state index in [1.165, 1.54) is 11.3 Å². The van der Waals surface area contributed by atoms with Crippen molar-refractivity contribution >= 4 is 27.3 Å².